The van der Waals surface area contributed by atoms with Crippen LogP contribution < -0.4 is 5.32 Å². The second-order valence-electron chi connectivity index (χ2n) is 6.23. The van der Waals surface area contributed by atoms with Crippen molar-refractivity contribution in [3.63, 3.8) is 0 Å². The van der Waals surface area contributed by atoms with Crippen molar-refractivity contribution in [3.8, 4) is 0 Å². The van der Waals surface area contributed by atoms with E-state index in [1.807, 2.05) is 17.0 Å². The maximum Gasteiger partial charge on any atom is 0.318 e. The van der Waals surface area contributed by atoms with Crippen LogP contribution in [0.5, 0.6) is 0 Å². The number of nitrogens with one attached hydrogen (secondary N) is 1. The van der Waals surface area contributed by atoms with Crippen molar-refractivity contribution < 1.29 is 13.9 Å². The van der Waals surface area contributed by atoms with E-state index >= 15 is 0 Å². The molecule has 0 spiro atoms. The summed E-state index contributed by atoms with van der Waals surface area (Å²) in [5.74, 6) is 1.96. The number of methoxy groups -OCH3 is 1. The summed E-state index contributed by atoms with van der Waals surface area (Å²) in [4.78, 5) is 14.5. The zero-order chi connectivity index (χ0) is 16.9. The largest absolute Gasteiger partial charge is 0.461 e. The van der Waals surface area contributed by atoms with Gasteiger partial charge in [0, 0.05) is 20.2 Å². The molecule has 24 heavy (non-hydrogen) atoms. The van der Waals surface area contributed by atoms with Crippen molar-refractivity contribution in [1.82, 2.24) is 10.2 Å². The van der Waals surface area contributed by atoms with Crippen molar-refractivity contribution in [3.05, 3.63) is 46.0 Å². The van der Waals surface area contributed by atoms with Gasteiger partial charge in [0.1, 0.15) is 18.1 Å². The zero-order valence-corrected chi connectivity index (χ0v) is 15.0. The molecule has 0 unspecified atom stereocenters. The van der Waals surface area contributed by atoms with Gasteiger partial charge in [0.2, 0.25) is 0 Å². The quantitative estimate of drug-likeness (QED) is 0.854. The van der Waals surface area contributed by atoms with Crippen LogP contribution in [0.2, 0.25) is 0 Å². The van der Waals surface area contributed by atoms with E-state index in [0.29, 0.717) is 19.1 Å². The monoisotopic (exact) mass is 348 g/mol. The minimum Gasteiger partial charge on any atom is -0.461 e. The third kappa shape index (κ3) is 3.82. The van der Waals surface area contributed by atoms with Gasteiger partial charge in [-0.2, -0.15) is 11.3 Å². The van der Waals surface area contributed by atoms with E-state index in [0.717, 1.165) is 30.9 Å². The van der Waals surface area contributed by atoms with Gasteiger partial charge in [0.25, 0.3) is 0 Å². The topological polar surface area (TPSA) is 54.7 Å². The summed E-state index contributed by atoms with van der Waals surface area (Å²) in [5.41, 5.74) is 1.27. The van der Waals surface area contributed by atoms with E-state index in [9.17, 15) is 4.79 Å². The second kappa shape index (κ2) is 7.85. The number of likely N-dealkylation sites (tertiary alicyclic amines) is 1. The fourth-order valence-electron chi connectivity index (χ4n) is 3.11. The van der Waals surface area contributed by atoms with Crippen LogP contribution in [0.15, 0.2) is 33.4 Å². The van der Waals surface area contributed by atoms with Gasteiger partial charge in [-0.05, 0) is 53.3 Å². The third-order valence-electron chi connectivity index (χ3n) is 4.48. The van der Waals surface area contributed by atoms with Crippen molar-refractivity contribution in [2.75, 3.05) is 20.2 Å². The summed E-state index contributed by atoms with van der Waals surface area (Å²) in [6, 6.07) is 6.00. The van der Waals surface area contributed by atoms with Gasteiger partial charge in [-0.25, -0.2) is 4.79 Å². The predicted molar refractivity (Wildman–Crippen MR) is 94.2 cm³/mol. The lowest BCUT2D eigenvalue weighted by Gasteiger charge is -2.24. The van der Waals surface area contributed by atoms with E-state index in [1.165, 1.54) is 5.56 Å². The molecule has 0 radical (unpaired) electrons. The van der Waals surface area contributed by atoms with Crippen molar-refractivity contribution in [2.24, 2.45) is 0 Å². The third-order valence-corrected chi connectivity index (χ3v) is 5.18. The van der Waals surface area contributed by atoms with Crippen LogP contribution in [0, 0.1) is 0 Å². The summed E-state index contributed by atoms with van der Waals surface area (Å²) in [7, 11) is 1.65. The molecule has 2 amide bonds. The predicted octanol–water partition coefficient (Wildman–Crippen LogP) is 4.14. The van der Waals surface area contributed by atoms with Gasteiger partial charge in [0.15, 0.2) is 0 Å². The number of carbonyl (C=O) groups is 1. The van der Waals surface area contributed by atoms with Crippen molar-refractivity contribution in [2.45, 2.75) is 38.3 Å². The number of urea groups is 1. The number of thiophene rings is 1. The molecule has 0 bridgehead atoms. The van der Waals surface area contributed by atoms with E-state index in [4.69, 9.17) is 9.15 Å². The number of hydrogen-bond acceptors (Lipinski definition) is 4. The first-order chi connectivity index (χ1) is 11.7. The molecule has 1 aliphatic rings. The van der Waals surface area contributed by atoms with Crippen molar-refractivity contribution >= 4 is 17.4 Å². The maximum atomic E-state index is 12.6. The Balaban J connectivity index is 1.58. The Bertz CT molecular complexity index is 653. The number of furan rings is 1. The normalized spacial score (nSPS) is 18.8. The van der Waals surface area contributed by atoms with Gasteiger partial charge >= 0.3 is 6.03 Å². The number of hydrogen-bond donors (Lipinski definition) is 1. The van der Waals surface area contributed by atoms with E-state index in [-0.39, 0.29) is 12.1 Å². The minimum absolute atomic E-state index is 0.00993. The molecule has 6 heteroatoms. The highest BCUT2D eigenvalue weighted by Gasteiger charge is 2.32. The Hall–Kier alpha value is -1.79. The standard InChI is InChI=1S/C18H24N2O3S/c1-13(14-7-9-24-12-14)10-19-18(21)20-8-3-4-16(20)17-6-5-15(23-17)11-22-2/h5-7,9,12-13,16H,3-4,8,10-11H2,1-2H3,(H,19,21)/t13-,16-/m1/s1. The first-order valence-corrected chi connectivity index (χ1v) is 9.27. The van der Waals surface area contributed by atoms with Crippen LogP contribution in [0.25, 0.3) is 0 Å². The summed E-state index contributed by atoms with van der Waals surface area (Å²) < 4.78 is 10.9. The molecule has 0 aliphatic carbocycles. The molecule has 0 aromatic carbocycles. The summed E-state index contributed by atoms with van der Waals surface area (Å²) >= 11 is 1.69. The number of carbonyl (C=O) groups excluding carboxylic acids is 1. The van der Waals surface area contributed by atoms with E-state index < -0.39 is 0 Å². The highest BCUT2D eigenvalue weighted by atomic mass is 32.1. The molecule has 5 nitrogen and oxygen atoms in total. The summed E-state index contributed by atoms with van der Waals surface area (Å²) in [5, 5.41) is 7.27. The van der Waals surface area contributed by atoms with Gasteiger partial charge in [-0.15, -0.1) is 0 Å². The average molecular weight is 348 g/mol. The first kappa shape index (κ1) is 17.0. The number of rotatable bonds is 6. The lowest BCUT2D eigenvalue weighted by molar-refractivity contribution is 0.156. The molecule has 3 heterocycles. The summed E-state index contributed by atoms with van der Waals surface area (Å²) in [6.07, 6.45) is 1.94. The Kier molecular flexibility index (Phi) is 5.58. The Labute approximate surface area is 146 Å². The van der Waals surface area contributed by atoms with E-state index in [1.54, 1.807) is 18.4 Å². The molecule has 2 aromatic rings. The molecule has 1 aliphatic heterocycles. The molecule has 2 aromatic heterocycles. The van der Waals surface area contributed by atoms with Gasteiger partial charge in [-0.3, -0.25) is 0 Å². The average Bonchev–Trinajstić information content (AvgIpc) is 3.32. The first-order valence-electron chi connectivity index (χ1n) is 8.33. The lowest BCUT2D eigenvalue weighted by atomic mass is 10.1. The molecule has 1 saturated heterocycles. The molecule has 1 N–H and O–H groups in total. The van der Waals surface area contributed by atoms with Crippen LogP contribution in [0.4, 0.5) is 4.79 Å². The molecular formula is C18H24N2O3S. The minimum atomic E-state index is -0.00993. The van der Waals surface area contributed by atoms with Crippen LogP contribution >= 0.6 is 11.3 Å². The fourth-order valence-corrected chi connectivity index (χ4v) is 3.90. The molecule has 1 fully saturated rings. The molecule has 3 rings (SSSR count). The summed E-state index contributed by atoms with van der Waals surface area (Å²) in [6.45, 7) is 4.00. The van der Waals surface area contributed by atoms with Gasteiger partial charge in [-0.1, -0.05) is 6.92 Å². The molecular weight excluding hydrogens is 324 g/mol. The highest BCUT2D eigenvalue weighted by molar-refractivity contribution is 7.07. The second-order valence-corrected chi connectivity index (χ2v) is 7.01. The van der Waals surface area contributed by atoms with Crippen molar-refractivity contribution in [1.29, 1.82) is 0 Å². The molecule has 130 valence electrons. The smallest absolute Gasteiger partial charge is 0.318 e. The molecule has 2 atom stereocenters. The Morgan fingerprint density at radius 3 is 3.12 bits per heavy atom. The highest BCUT2D eigenvalue weighted by Crippen LogP contribution is 2.33. The van der Waals surface area contributed by atoms with Gasteiger partial charge in [0.05, 0.1) is 6.04 Å². The zero-order valence-electron chi connectivity index (χ0n) is 14.2. The number of amides is 2. The fraction of sp³-hybridized carbons (Fsp3) is 0.500. The van der Waals surface area contributed by atoms with Crippen LogP contribution in [0.3, 0.4) is 0 Å². The lowest BCUT2D eigenvalue weighted by Crippen LogP contribution is -2.40. The van der Waals surface area contributed by atoms with Crippen LogP contribution in [-0.4, -0.2) is 31.1 Å². The van der Waals surface area contributed by atoms with E-state index in [2.05, 4.69) is 29.1 Å². The maximum absolute atomic E-state index is 12.6. The van der Waals surface area contributed by atoms with Crippen LogP contribution in [-0.2, 0) is 11.3 Å². The van der Waals surface area contributed by atoms with Gasteiger partial charge < -0.3 is 19.4 Å². The Morgan fingerprint density at radius 1 is 1.50 bits per heavy atom. The number of ether oxygens (including phenoxy) is 1. The SMILES string of the molecule is COCc1ccc([C@H]2CCCN2C(=O)NC[C@@H](C)c2ccsc2)o1. The molecule has 0 saturated carbocycles. The van der Waals surface area contributed by atoms with Crippen LogP contribution in [0.1, 0.15) is 48.8 Å². The Morgan fingerprint density at radius 2 is 2.38 bits per heavy atom. The number of nitrogens with zero attached hydrogens (tertiary/aromatic N) is 1.